The van der Waals surface area contributed by atoms with Crippen LogP contribution in [0.5, 0.6) is 0 Å². The van der Waals surface area contributed by atoms with Crippen LogP contribution in [0.2, 0.25) is 0 Å². The standard InChI is InChI=1S/C17H16N4OS/c1-10-11(2)19-15-4-3-12(7-14(10)15)16(22)18-8-13-9-21-5-6-23-17(21)20-13/h3-7,9,19H,8H2,1-2H3,(H,18,22). The number of benzene rings is 1. The molecule has 0 bridgehead atoms. The zero-order chi connectivity index (χ0) is 16.0. The highest BCUT2D eigenvalue weighted by atomic mass is 32.1. The highest BCUT2D eigenvalue weighted by molar-refractivity contribution is 7.15. The van der Waals surface area contributed by atoms with Crippen LogP contribution < -0.4 is 5.32 Å². The number of hydrogen-bond donors (Lipinski definition) is 2. The summed E-state index contributed by atoms with van der Waals surface area (Å²) in [6, 6.07) is 5.74. The van der Waals surface area contributed by atoms with Gasteiger partial charge in [-0.3, -0.25) is 9.20 Å². The molecule has 0 saturated carbocycles. The molecule has 0 unspecified atom stereocenters. The number of nitrogens with zero attached hydrogens (tertiary/aromatic N) is 2. The summed E-state index contributed by atoms with van der Waals surface area (Å²) in [7, 11) is 0. The Bertz CT molecular complexity index is 995. The van der Waals surface area contributed by atoms with E-state index in [1.165, 1.54) is 5.56 Å². The molecule has 2 N–H and O–H groups in total. The van der Waals surface area contributed by atoms with Gasteiger partial charge >= 0.3 is 0 Å². The van der Waals surface area contributed by atoms with Crippen molar-refractivity contribution < 1.29 is 4.79 Å². The third kappa shape index (κ3) is 2.41. The minimum Gasteiger partial charge on any atom is -0.358 e. The predicted octanol–water partition coefficient (Wildman–Crippen LogP) is 3.42. The maximum absolute atomic E-state index is 12.4. The summed E-state index contributed by atoms with van der Waals surface area (Å²) in [4.78, 5) is 21.1. The van der Waals surface area contributed by atoms with Crippen LogP contribution in [-0.4, -0.2) is 20.3 Å². The van der Waals surface area contributed by atoms with Gasteiger partial charge in [0.25, 0.3) is 5.91 Å². The Labute approximate surface area is 137 Å². The summed E-state index contributed by atoms with van der Waals surface area (Å²) in [5, 5.41) is 6.02. The molecule has 6 heteroatoms. The molecule has 0 aliphatic rings. The molecule has 0 aliphatic heterocycles. The fourth-order valence-electron chi connectivity index (χ4n) is 2.74. The molecule has 0 radical (unpaired) electrons. The molecular formula is C17H16N4OS. The van der Waals surface area contributed by atoms with Crippen LogP contribution in [0.4, 0.5) is 0 Å². The van der Waals surface area contributed by atoms with Crippen molar-refractivity contribution in [2.24, 2.45) is 0 Å². The van der Waals surface area contributed by atoms with Crippen molar-refractivity contribution in [1.82, 2.24) is 19.7 Å². The minimum absolute atomic E-state index is 0.0819. The zero-order valence-electron chi connectivity index (χ0n) is 12.9. The number of hydrogen-bond acceptors (Lipinski definition) is 3. The molecule has 0 aliphatic carbocycles. The van der Waals surface area contributed by atoms with E-state index in [0.717, 1.165) is 27.3 Å². The second-order valence-corrected chi connectivity index (χ2v) is 6.52. The SMILES string of the molecule is Cc1[nH]c2ccc(C(=O)NCc3cn4ccsc4n3)cc2c1C. The lowest BCUT2D eigenvalue weighted by atomic mass is 10.1. The fraction of sp³-hybridized carbons (Fsp3) is 0.176. The zero-order valence-corrected chi connectivity index (χ0v) is 13.7. The summed E-state index contributed by atoms with van der Waals surface area (Å²) in [6.07, 6.45) is 3.90. The van der Waals surface area contributed by atoms with Gasteiger partial charge in [0.1, 0.15) is 0 Å². The summed E-state index contributed by atoms with van der Waals surface area (Å²) in [6.45, 7) is 4.53. The maximum Gasteiger partial charge on any atom is 0.251 e. The van der Waals surface area contributed by atoms with Crippen molar-refractivity contribution >= 4 is 33.1 Å². The first kappa shape index (κ1) is 14.0. The lowest BCUT2D eigenvalue weighted by Gasteiger charge is -2.04. The third-order valence-corrected chi connectivity index (χ3v) is 4.91. The lowest BCUT2D eigenvalue weighted by Crippen LogP contribution is -2.22. The van der Waals surface area contributed by atoms with E-state index in [9.17, 15) is 4.79 Å². The number of amides is 1. The smallest absolute Gasteiger partial charge is 0.251 e. The molecule has 0 saturated heterocycles. The van der Waals surface area contributed by atoms with Gasteiger partial charge in [0.05, 0.1) is 12.2 Å². The van der Waals surface area contributed by atoms with E-state index in [0.29, 0.717) is 12.1 Å². The van der Waals surface area contributed by atoms with E-state index in [4.69, 9.17) is 0 Å². The van der Waals surface area contributed by atoms with Crippen LogP contribution in [0, 0.1) is 13.8 Å². The normalized spacial score (nSPS) is 11.4. The second kappa shape index (κ2) is 5.24. The Morgan fingerprint density at radius 2 is 2.26 bits per heavy atom. The van der Waals surface area contributed by atoms with Crippen LogP contribution in [0.3, 0.4) is 0 Å². The molecule has 0 fully saturated rings. The first-order valence-corrected chi connectivity index (χ1v) is 8.28. The van der Waals surface area contributed by atoms with E-state index in [2.05, 4.69) is 22.2 Å². The largest absolute Gasteiger partial charge is 0.358 e. The van der Waals surface area contributed by atoms with Crippen molar-refractivity contribution in [3.63, 3.8) is 0 Å². The Morgan fingerprint density at radius 1 is 1.39 bits per heavy atom. The number of aromatic nitrogens is 3. The van der Waals surface area contributed by atoms with Crippen molar-refractivity contribution in [2.45, 2.75) is 20.4 Å². The first-order valence-electron chi connectivity index (χ1n) is 7.40. The number of nitrogens with one attached hydrogen (secondary N) is 2. The van der Waals surface area contributed by atoms with Crippen molar-refractivity contribution in [3.05, 3.63) is 58.5 Å². The van der Waals surface area contributed by atoms with Gasteiger partial charge in [0, 0.05) is 39.9 Å². The predicted molar refractivity (Wildman–Crippen MR) is 92.0 cm³/mol. The molecule has 4 rings (SSSR count). The van der Waals surface area contributed by atoms with Crippen molar-refractivity contribution in [3.8, 4) is 0 Å². The Morgan fingerprint density at radius 3 is 3.09 bits per heavy atom. The minimum atomic E-state index is -0.0819. The van der Waals surface area contributed by atoms with Gasteiger partial charge in [0.2, 0.25) is 0 Å². The van der Waals surface area contributed by atoms with Gasteiger partial charge in [0.15, 0.2) is 4.96 Å². The molecule has 0 atom stereocenters. The van der Waals surface area contributed by atoms with Crippen LogP contribution >= 0.6 is 11.3 Å². The van der Waals surface area contributed by atoms with Crippen LogP contribution in [0.25, 0.3) is 15.9 Å². The number of aryl methyl sites for hydroxylation is 2. The molecule has 4 aromatic rings. The van der Waals surface area contributed by atoms with Crippen molar-refractivity contribution in [1.29, 1.82) is 0 Å². The molecule has 0 spiro atoms. The summed E-state index contributed by atoms with van der Waals surface area (Å²) < 4.78 is 1.96. The number of rotatable bonds is 3. The van der Waals surface area contributed by atoms with E-state index in [1.807, 2.05) is 47.3 Å². The average molecular weight is 324 g/mol. The summed E-state index contributed by atoms with van der Waals surface area (Å²) >= 11 is 1.58. The monoisotopic (exact) mass is 324 g/mol. The van der Waals surface area contributed by atoms with E-state index in [-0.39, 0.29) is 5.91 Å². The highest BCUT2D eigenvalue weighted by Crippen LogP contribution is 2.22. The van der Waals surface area contributed by atoms with E-state index < -0.39 is 0 Å². The van der Waals surface area contributed by atoms with Crippen LogP contribution in [-0.2, 0) is 6.54 Å². The van der Waals surface area contributed by atoms with Crippen LogP contribution in [0.15, 0.2) is 36.0 Å². The molecular weight excluding hydrogens is 308 g/mol. The molecule has 3 heterocycles. The molecule has 1 aromatic carbocycles. The molecule has 3 aromatic heterocycles. The number of imidazole rings is 1. The van der Waals surface area contributed by atoms with Gasteiger partial charge in [-0.15, -0.1) is 11.3 Å². The number of H-pyrrole nitrogens is 1. The fourth-order valence-corrected chi connectivity index (χ4v) is 3.46. The van der Waals surface area contributed by atoms with Crippen LogP contribution in [0.1, 0.15) is 27.3 Å². The molecule has 1 amide bonds. The van der Waals surface area contributed by atoms with E-state index >= 15 is 0 Å². The van der Waals surface area contributed by atoms with Gasteiger partial charge in [-0.05, 0) is 37.6 Å². The van der Waals surface area contributed by atoms with Gasteiger partial charge < -0.3 is 10.3 Å². The molecule has 116 valence electrons. The lowest BCUT2D eigenvalue weighted by molar-refractivity contribution is 0.0950. The summed E-state index contributed by atoms with van der Waals surface area (Å²) in [5.74, 6) is -0.0819. The highest BCUT2D eigenvalue weighted by Gasteiger charge is 2.11. The van der Waals surface area contributed by atoms with Gasteiger partial charge in [-0.2, -0.15) is 0 Å². The first-order chi connectivity index (χ1) is 11.1. The topological polar surface area (TPSA) is 62.2 Å². The Hall–Kier alpha value is -2.60. The third-order valence-electron chi connectivity index (χ3n) is 4.14. The number of thiazole rings is 1. The molecule has 5 nitrogen and oxygen atoms in total. The molecule has 23 heavy (non-hydrogen) atoms. The Balaban J connectivity index is 1.54. The van der Waals surface area contributed by atoms with Gasteiger partial charge in [-0.1, -0.05) is 0 Å². The number of aromatic amines is 1. The average Bonchev–Trinajstić information content (AvgIpc) is 3.19. The quantitative estimate of drug-likeness (QED) is 0.606. The van der Waals surface area contributed by atoms with Crippen molar-refractivity contribution in [2.75, 3.05) is 0 Å². The number of fused-ring (bicyclic) bond motifs is 2. The Kier molecular flexibility index (Phi) is 3.20. The van der Waals surface area contributed by atoms with E-state index in [1.54, 1.807) is 11.3 Å². The number of carbonyl (C=O) groups is 1. The maximum atomic E-state index is 12.4. The number of carbonyl (C=O) groups excluding carboxylic acids is 1. The summed E-state index contributed by atoms with van der Waals surface area (Å²) in [5.41, 5.74) is 4.91. The second-order valence-electron chi connectivity index (χ2n) is 5.64. The van der Waals surface area contributed by atoms with Gasteiger partial charge in [-0.25, -0.2) is 4.98 Å².